The molecule has 0 saturated carbocycles. The SMILES string of the molecule is Nc1ccccc1C(C(=O)O)C(=O)c1ccc(Br)cc1. The third-order valence-corrected chi connectivity index (χ3v) is 3.47. The molecule has 0 bridgehead atoms. The summed E-state index contributed by atoms with van der Waals surface area (Å²) < 4.78 is 0.820. The van der Waals surface area contributed by atoms with E-state index < -0.39 is 17.7 Å². The molecule has 4 nitrogen and oxygen atoms in total. The Morgan fingerprint density at radius 3 is 2.20 bits per heavy atom. The van der Waals surface area contributed by atoms with Gasteiger partial charge >= 0.3 is 5.97 Å². The molecule has 0 radical (unpaired) electrons. The van der Waals surface area contributed by atoms with E-state index in [0.29, 0.717) is 16.8 Å². The molecule has 1 atom stereocenters. The zero-order valence-corrected chi connectivity index (χ0v) is 12.0. The molecule has 5 heteroatoms. The highest BCUT2D eigenvalue weighted by atomic mass is 79.9. The van der Waals surface area contributed by atoms with Crippen LogP contribution in [0.15, 0.2) is 53.0 Å². The second-order valence-corrected chi connectivity index (χ2v) is 5.19. The van der Waals surface area contributed by atoms with Crippen molar-refractivity contribution in [2.45, 2.75) is 5.92 Å². The van der Waals surface area contributed by atoms with Gasteiger partial charge in [-0.1, -0.05) is 46.3 Å². The van der Waals surface area contributed by atoms with Crippen molar-refractivity contribution in [2.24, 2.45) is 0 Å². The number of rotatable bonds is 4. The third kappa shape index (κ3) is 2.88. The van der Waals surface area contributed by atoms with E-state index in [9.17, 15) is 14.7 Å². The molecule has 0 saturated heterocycles. The van der Waals surface area contributed by atoms with Crippen molar-refractivity contribution in [3.05, 3.63) is 64.1 Å². The Bertz CT molecular complexity index is 652. The van der Waals surface area contributed by atoms with Crippen LogP contribution >= 0.6 is 15.9 Å². The Morgan fingerprint density at radius 2 is 1.65 bits per heavy atom. The normalized spacial score (nSPS) is 11.8. The van der Waals surface area contributed by atoms with E-state index in [1.54, 1.807) is 48.5 Å². The average molecular weight is 334 g/mol. The highest BCUT2D eigenvalue weighted by Crippen LogP contribution is 2.26. The van der Waals surface area contributed by atoms with Crippen LogP contribution in [-0.2, 0) is 4.79 Å². The molecule has 0 aromatic heterocycles. The summed E-state index contributed by atoms with van der Waals surface area (Å²) in [7, 11) is 0. The fraction of sp³-hybridized carbons (Fsp3) is 0.0667. The van der Waals surface area contributed by atoms with Crippen molar-refractivity contribution in [3.8, 4) is 0 Å². The highest BCUT2D eigenvalue weighted by molar-refractivity contribution is 9.10. The van der Waals surface area contributed by atoms with Crippen LogP contribution in [0.25, 0.3) is 0 Å². The van der Waals surface area contributed by atoms with Gasteiger partial charge in [0.1, 0.15) is 5.92 Å². The van der Waals surface area contributed by atoms with E-state index >= 15 is 0 Å². The van der Waals surface area contributed by atoms with Gasteiger partial charge in [-0.15, -0.1) is 0 Å². The Morgan fingerprint density at radius 1 is 1.05 bits per heavy atom. The number of hydrogen-bond donors (Lipinski definition) is 2. The molecule has 0 aliphatic carbocycles. The molecule has 1 unspecified atom stereocenters. The first-order valence-corrected chi connectivity index (χ1v) is 6.67. The summed E-state index contributed by atoms with van der Waals surface area (Å²) in [5, 5.41) is 9.35. The first-order chi connectivity index (χ1) is 9.50. The molecule has 0 aliphatic heterocycles. The lowest BCUT2D eigenvalue weighted by molar-refractivity contribution is -0.137. The number of ketones is 1. The summed E-state index contributed by atoms with van der Waals surface area (Å²) in [6.45, 7) is 0. The average Bonchev–Trinajstić information content (AvgIpc) is 2.41. The lowest BCUT2D eigenvalue weighted by Gasteiger charge is -2.14. The smallest absolute Gasteiger partial charge is 0.319 e. The first kappa shape index (κ1) is 14.3. The van der Waals surface area contributed by atoms with Crippen LogP contribution < -0.4 is 5.73 Å². The van der Waals surface area contributed by atoms with Crippen molar-refractivity contribution in [1.82, 2.24) is 0 Å². The topological polar surface area (TPSA) is 80.4 Å². The number of nitrogen functional groups attached to an aromatic ring is 1. The summed E-state index contributed by atoms with van der Waals surface area (Å²) in [5.41, 5.74) is 6.72. The predicted octanol–water partition coefficient (Wildman–Crippen LogP) is 3.08. The third-order valence-electron chi connectivity index (χ3n) is 2.94. The number of carbonyl (C=O) groups excluding carboxylic acids is 1. The maximum atomic E-state index is 12.4. The number of nitrogens with two attached hydrogens (primary N) is 1. The number of benzene rings is 2. The van der Waals surface area contributed by atoms with Gasteiger partial charge in [-0.05, 0) is 23.8 Å². The Balaban J connectivity index is 2.44. The van der Waals surface area contributed by atoms with Gasteiger partial charge in [-0.2, -0.15) is 0 Å². The molecule has 102 valence electrons. The summed E-state index contributed by atoms with van der Waals surface area (Å²) in [5.74, 6) is -2.99. The number of para-hydroxylation sites is 1. The fourth-order valence-electron chi connectivity index (χ4n) is 1.94. The van der Waals surface area contributed by atoms with Crippen molar-refractivity contribution in [3.63, 3.8) is 0 Å². The van der Waals surface area contributed by atoms with Crippen LogP contribution in [-0.4, -0.2) is 16.9 Å². The molecular formula is C15H12BrNO3. The Labute approximate surface area is 124 Å². The van der Waals surface area contributed by atoms with Gasteiger partial charge in [0.25, 0.3) is 0 Å². The molecular weight excluding hydrogens is 322 g/mol. The summed E-state index contributed by atoms with van der Waals surface area (Å²) in [6, 6.07) is 13.1. The second kappa shape index (κ2) is 5.88. The van der Waals surface area contributed by atoms with Crippen molar-refractivity contribution in [2.75, 3.05) is 5.73 Å². The van der Waals surface area contributed by atoms with Gasteiger partial charge in [0.15, 0.2) is 5.78 Å². The Hall–Kier alpha value is -2.14. The number of aliphatic carboxylic acids is 1. The highest BCUT2D eigenvalue weighted by Gasteiger charge is 2.30. The molecule has 2 rings (SSSR count). The number of halogens is 1. The molecule has 0 spiro atoms. The Kier molecular flexibility index (Phi) is 4.20. The minimum Gasteiger partial charge on any atom is -0.480 e. The molecule has 3 N–H and O–H groups in total. The number of Topliss-reactive ketones (excluding diaryl/α,β-unsaturated/α-hetero) is 1. The quantitative estimate of drug-likeness (QED) is 0.512. The van der Waals surface area contributed by atoms with E-state index in [2.05, 4.69) is 15.9 Å². The number of carboxylic acid groups (broad SMARTS) is 1. The minimum absolute atomic E-state index is 0.297. The van der Waals surface area contributed by atoms with Crippen LogP contribution in [0, 0.1) is 0 Å². The number of hydrogen-bond acceptors (Lipinski definition) is 3. The van der Waals surface area contributed by atoms with Gasteiger partial charge in [0.2, 0.25) is 0 Å². The molecule has 0 fully saturated rings. The zero-order chi connectivity index (χ0) is 14.7. The van der Waals surface area contributed by atoms with Gasteiger partial charge in [-0.25, -0.2) is 0 Å². The van der Waals surface area contributed by atoms with Gasteiger partial charge < -0.3 is 10.8 Å². The lowest BCUT2D eigenvalue weighted by Crippen LogP contribution is -2.22. The summed E-state index contributed by atoms with van der Waals surface area (Å²) in [6.07, 6.45) is 0. The summed E-state index contributed by atoms with van der Waals surface area (Å²) >= 11 is 3.27. The van der Waals surface area contributed by atoms with E-state index in [4.69, 9.17) is 5.73 Å². The summed E-state index contributed by atoms with van der Waals surface area (Å²) in [4.78, 5) is 23.8. The maximum absolute atomic E-state index is 12.4. The van der Waals surface area contributed by atoms with Crippen LogP contribution in [0.5, 0.6) is 0 Å². The molecule has 0 aliphatic rings. The van der Waals surface area contributed by atoms with Crippen molar-refractivity contribution < 1.29 is 14.7 Å². The van der Waals surface area contributed by atoms with Crippen LogP contribution in [0.3, 0.4) is 0 Å². The number of carbonyl (C=O) groups is 2. The number of carboxylic acids is 1. The van der Waals surface area contributed by atoms with Gasteiger partial charge in [-0.3, -0.25) is 9.59 Å². The minimum atomic E-state index is -1.29. The van der Waals surface area contributed by atoms with Crippen LogP contribution in [0.2, 0.25) is 0 Å². The van der Waals surface area contributed by atoms with Gasteiger partial charge in [0.05, 0.1) is 0 Å². The fourth-order valence-corrected chi connectivity index (χ4v) is 2.21. The van der Waals surface area contributed by atoms with Crippen molar-refractivity contribution in [1.29, 1.82) is 0 Å². The number of anilines is 1. The largest absolute Gasteiger partial charge is 0.480 e. The first-order valence-electron chi connectivity index (χ1n) is 5.87. The molecule has 2 aromatic carbocycles. The lowest BCUT2D eigenvalue weighted by atomic mass is 9.90. The van der Waals surface area contributed by atoms with Gasteiger partial charge in [0, 0.05) is 15.7 Å². The van der Waals surface area contributed by atoms with Crippen molar-refractivity contribution >= 4 is 33.4 Å². The monoisotopic (exact) mass is 333 g/mol. The van der Waals surface area contributed by atoms with Crippen LogP contribution in [0.4, 0.5) is 5.69 Å². The molecule has 0 heterocycles. The van der Waals surface area contributed by atoms with E-state index in [-0.39, 0.29) is 0 Å². The van der Waals surface area contributed by atoms with E-state index in [1.165, 1.54) is 0 Å². The van der Waals surface area contributed by atoms with Crippen LogP contribution in [0.1, 0.15) is 21.8 Å². The van der Waals surface area contributed by atoms with E-state index in [1.807, 2.05) is 0 Å². The predicted molar refractivity (Wildman–Crippen MR) is 79.7 cm³/mol. The second-order valence-electron chi connectivity index (χ2n) is 4.27. The molecule has 2 aromatic rings. The standard InChI is InChI=1S/C15H12BrNO3/c16-10-7-5-9(6-8-10)14(18)13(15(19)20)11-3-1-2-4-12(11)17/h1-8,13H,17H2,(H,19,20). The zero-order valence-electron chi connectivity index (χ0n) is 10.4. The molecule has 20 heavy (non-hydrogen) atoms. The molecule has 0 amide bonds. The van der Waals surface area contributed by atoms with E-state index in [0.717, 1.165) is 4.47 Å². The maximum Gasteiger partial charge on any atom is 0.319 e.